The Kier molecular flexibility index (Phi) is 4.56. The van der Waals surface area contributed by atoms with E-state index in [1.807, 2.05) is 12.1 Å². The van der Waals surface area contributed by atoms with Crippen LogP contribution in [0.3, 0.4) is 0 Å². The van der Waals surface area contributed by atoms with E-state index in [0.717, 1.165) is 25.1 Å². The van der Waals surface area contributed by atoms with Gasteiger partial charge < -0.3 is 15.0 Å². The molecule has 0 amide bonds. The second-order valence-electron chi connectivity index (χ2n) is 4.51. The van der Waals surface area contributed by atoms with Gasteiger partial charge >= 0.3 is 0 Å². The van der Waals surface area contributed by atoms with Crippen LogP contribution in [0.15, 0.2) is 42.6 Å². The van der Waals surface area contributed by atoms with Crippen molar-refractivity contribution in [3.8, 4) is 0 Å². The molecule has 3 nitrogen and oxygen atoms in total. The van der Waals surface area contributed by atoms with E-state index in [9.17, 15) is 0 Å². The van der Waals surface area contributed by atoms with Crippen LogP contribution < -0.4 is 5.32 Å². The van der Waals surface area contributed by atoms with Crippen molar-refractivity contribution in [3.63, 3.8) is 0 Å². The van der Waals surface area contributed by atoms with Crippen molar-refractivity contribution in [3.05, 3.63) is 59.4 Å². The van der Waals surface area contributed by atoms with Gasteiger partial charge in [-0.05, 0) is 36.2 Å². The van der Waals surface area contributed by atoms with Gasteiger partial charge in [-0.25, -0.2) is 0 Å². The van der Waals surface area contributed by atoms with Gasteiger partial charge in [0.1, 0.15) is 0 Å². The van der Waals surface area contributed by atoms with E-state index in [4.69, 9.17) is 5.11 Å². The minimum Gasteiger partial charge on any atom is -0.392 e. The number of aliphatic hydroxyl groups is 1. The van der Waals surface area contributed by atoms with Crippen LogP contribution in [0.2, 0.25) is 0 Å². The van der Waals surface area contributed by atoms with E-state index in [1.54, 1.807) is 0 Å². The first kappa shape index (κ1) is 12.9. The summed E-state index contributed by atoms with van der Waals surface area (Å²) in [5, 5.41) is 12.4. The molecule has 0 saturated heterocycles. The highest BCUT2D eigenvalue weighted by atomic mass is 16.3. The average molecular weight is 244 g/mol. The molecule has 2 N–H and O–H groups in total. The SMILES string of the molecule is Cn1cccc1CNCCc1ccc(CO)cc1. The summed E-state index contributed by atoms with van der Waals surface area (Å²) >= 11 is 0. The molecule has 0 radical (unpaired) electrons. The lowest BCUT2D eigenvalue weighted by Gasteiger charge is -2.06. The molecule has 1 aromatic carbocycles. The van der Waals surface area contributed by atoms with Crippen LogP contribution in [-0.4, -0.2) is 16.2 Å². The second kappa shape index (κ2) is 6.38. The summed E-state index contributed by atoms with van der Waals surface area (Å²) in [6.45, 7) is 1.98. The summed E-state index contributed by atoms with van der Waals surface area (Å²) in [6, 6.07) is 12.3. The number of rotatable bonds is 6. The largest absolute Gasteiger partial charge is 0.392 e. The van der Waals surface area contributed by atoms with Gasteiger partial charge in [-0.15, -0.1) is 0 Å². The lowest BCUT2D eigenvalue weighted by molar-refractivity contribution is 0.282. The van der Waals surface area contributed by atoms with Gasteiger partial charge in [-0.2, -0.15) is 0 Å². The number of hydrogen-bond acceptors (Lipinski definition) is 2. The minimum atomic E-state index is 0.117. The van der Waals surface area contributed by atoms with E-state index in [0.29, 0.717) is 0 Å². The zero-order chi connectivity index (χ0) is 12.8. The molecule has 2 rings (SSSR count). The van der Waals surface area contributed by atoms with Crippen molar-refractivity contribution in [2.75, 3.05) is 6.54 Å². The summed E-state index contributed by atoms with van der Waals surface area (Å²) in [5.41, 5.74) is 3.56. The normalized spacial score (nSPS) is 10.8. The Morgan fingerprint density at radius 3 is 2.44 bits per heavy atom. The van der Waals surface area contributed by atoms with Crippen LogP contribution in [-0.2, 0) is 26.6 Å². The lowest BCUT2D eigenvalue weighted by atomic mass is 10.1. The van der Waals surface area contributed by atoms with Crippen LogP contribution in [0.25, 0.3) is 0 Å². The molecule has 0 aliphatic rings. The molecular formula is C15H20N2O. The van der Waals surface area contributed by atoms with Crippen molar-refractivity contribution < 1.29 is 5.11 Å². The third-order valence-electron chi connectivity index (χ3n) is 3.15. The Bertz CT molecular complexity index is 473. The minimum absolute atomic E-state index is 0.117. The molecule has 96 valence electrons. The molecule has 0 saturated carbocycles. The van der Waals surface area contributed by atoms with Gasteiger partial charge in [0, 0.05) is 25.5 Å². The smallest absolute Gasteiger partial charge is 0.0681 e. The molecule has 1 heterocycles. The van der Waals surface area contributed by atoms with Crippen LogP contribution in [0.1, 0.15) is 16.8 Å². The molecule has 3 heteroatoms. The highest BCUT2D eigenvalue weighted by Gasteiger charge is 1.97. The number of aliphatic hydroxyl groups excluding tert-OH is 1. The quantitative estimate of drug-likeness (QED) is 0.761. The van der Waals surface area contributed by atoms with Gasteiger partial charge in [0.2, 0.25) is 0 Å². The Morgan fingerprint density at radius 2 is 1.83 bits per heavy atom. The highest BCUT2D eigenvalue weighted by Crippen LogP contribution is 2.05. The van der Waals surface area contributed by atoms with E-state index in [-0.39, 0.29) is 6.61 Å². The summed E-state index contributed by atoms with van der Waals surface area (Å²) in [4.78, 5) is 0. The van der Waals surface area contributed by atoms with E-state index < -0.39 is 0 Å². The molecule has 0 atom stereocenters. The molecule has 18 heavy (non-hydrogen) atoms. The summed E-state index contributed by atoms with van der Waals surface area (Å²) in [7, 11) is 2.06. The van der Waals surface area contributed by atoms with E-state index in [2.05, 4.69) is 47.4 Å². The predicted octanol–water partition coefficient (Wildman–Crippen LogP) is 1.85. The van der Waals surface area contributed by atoms with Crippen molar-refractivity contribution in [1.29, 1.82) is 0 Å². The fraction of sp³-hybridized carbons (Fsp3) is 0.333. The Hall–Kier alpha value is -1.58. The zero-order valence-electron chi connectivity index (χ0n) is 10.8. The molecule has 0 unspecified atom stereocenters. The molecule has 0 aliphatic heterocycles. The molecule has 0 spiro atoms. The first-order valence-corrected chi connectivity index (χ1v) is 6.29. The van der Waals surface area contributed by atoms with Crippen molar-refractivity contribution in [1.82, 2.24) is 9.88 Å². The molecule has 2 aromatic rings. The zero-order valence-corrected chi connectivity index (χ0v) is 10.8. The average Bonchev–Trinajstić information content (AvgIpc) is 2.81. The first-order chi connectivity index (χ1) is 8.79. The van der Waals surface area contributed by atoms with Crippen molar-refractivity contribution >= 4 is 0 Å². The highest BCUT2D eigenvalue weighted by molar-refractivity contribution is 5.22. The lowest BCUT2D eigenvalue weighted by Crippen LogP contribution is -2.18. The number of nitrogens with one attached hydrogen (secondary N) is 1. The van der Waals surface area contributed by atoms with E-state index >= 15 is 0 Å². The van der Waals surface area contributed by atoms with Gasteiger partial charge in [0.25, 0.3) is 0 Å². The Morgan fingerprint density at radius 1 is 1.11 bits per heavy atom. The predicted molar refractivity (Wildman–Crippen MR) is 73.2 cm³/mol. The van der Waals surface area contributed by atoms with Crippen LogP contribution in [0.4, 0.5) is 0 Å². The van der Waals surface area contributed by atoms with Crippen molar-refractivity contribution in [2.45, 2.75) is 19.6 Å². The summed E-state index contributed by atoms with van der Waals surface area (Å²) in [6.07, 6.45) is 3.07. The van der Waals surface area contributed by atoms with Crippen molar-refractivity contribution in [2.24, 2.45) is 7.05 Å². The fourth-order valence-corrected chi connectivity index (χ4v) is 1.94. The maximum absolute atomic E-state index is 8.96. The van der Waals surface area contributed by atoms with Gasteiger partial charge in [-0.1, -0.05) is 24.3 Å². The maximum atomic E-state index is 8.96. The van der Waals surface area contributed by atoms with Gasteiger partial charge in [0.05, 0.1) is 6.61 Å². The van der Waals surface area contributed by atoms with Gasteiger partial charge in [0.15, 0.2) is 0 Å². The monoisotopic (exact) mass is 244 g/mol. The first-order valence-electron chi connectivity index (χ1n) is 6.29. The third-order valence-corrected chi connectivity index (χ3v) is 3.15. The Balaban J connectivity index is 1.73. The molecule has 1 aromatic heterocycles. The number of hydrogen-bond donors (Lipinski definition) is 2. The van der Waals surface area contributed by atoms with Crippen LogP contribution in [0, 0.1) is 0 Å². The number of benzene rings is 1. The Labute approximate surface area is 108 Å². The van der Waals surface area contributed by atoms with Gasteiger partial charge in [-0.3, -0.25) is 0 Å². The summed E-state index contributed by atoms with van der Waals surface area (Å²) in [5.74, 6) is 0. The summed E-state index contributed by atoms with van der Waals surface area (Å²) < 4.78 is 2.13. The topological polar surface area (TPSA) is 37.2 Å². The number of aryl methyl sites for hydroxylation is 1. The van der Waals surface area contributed by atoms with Crippen LogP contribution in [0.5, 0.6) is 0 Å². The van der Waals surface area contributed by atoms with Crippen LogP contribution >= 0.6 is 0 Å². The third kappa shape index (κ3) is 3.45. The molecular weight excluding hydrogens is 224 g/mol. The number of aromatic nitrogens is 1. The molecule has 0 aliphatic carbocycles. The number of nitrogens with zero attached hydrogens (tertiary/aromatic N) is 1. The van der Waals surface area contributed by atoms with E-state index in [1.165, 1.54) is 11.3 Å². The maximum Gasteiger partial charge on any atom is 0.0681 e. The molecule has 0 bridgehead atoms. The fourth-order valence-electron chi connectivity index (χ4n) is 1.94. The standard InChI is InChI=1S/C15H20N2O/c1-17-10-2-3-15(17)11-16-9-8-13-4-6-14(12-18)7-5-13/h2-7,10,16,18H,8-9,11-12H2,1H3. The molecule has 0 fully saturated rings. The second-order valence-corrected chi connectivity index (χ2v) is 4.51.